The van der Waals surface area contributed by atoms with E-state index in [-0.39, 0.29) is 6.10 Å². The van der Waals surface area contributed by atoms with Gasteiger partial charge in [-0.05, 0) is 12.0 Å². The Morgan fingerprint density at radius 3 is 2.71 bits per heavy atom. The standard InChI is InChI=1S/C13H14O/c1-2-6-12(7-3-1)9-10-13-8-4-5-11-14-13/h1-7,9-10,13H,8,11H2/b10-9+. The van der Waals surface area contributed by atoms with Crippen molar-refractivity contribution in [3.63, 3.8) is 0 Å². The molecule has 0 amide bonds. The summed E-state index contributed by atoms with van der Waals surface area (Å²) in [6.07, 6.45) is 9.71. The third-order valence-corrected chi connectivity index (χ3v) is 2.24. The summed E-state index contributed by atoms with van der Waals surface area (Å²) in [6.45, 7) is 0.740. The van der Waals surface area contributed by atoms with E-state index in [0.29, 0.717) is 0 Å². The molecule has 72 valence electrons. The third-order valence-electron chi connectivity index (χ3n) is 2.24. The van der Waals surface area contributed by atoms with Crippen LogP contribution in [-0.4, -0.2) is 12.7 Å². The van der Waals surface area contributed by atoms with Gasteiger partial charge in [-0.2, -0.15) is 0 Å². The summed E-state index contributed by atoms with van der Waals surface area (Å²) >= 11 is 0. The van der Waals surface area contributed by atoms with Crippen molar-refractivity contribution in [2.75, 3.05) is 6.61 Å². The SMILES string of the molecule is C1=CCC(/C=C/c2ccccc2)OC1. The van der Waals surface area contributed by atoms with Gasteiger partial charge in [0.25, 0.3) is 0 Å². The van der Waals surface area contributed by atoms with E-state index in [1.54, 1.807) is 0 Å². The second kappa shape index (κ2) is 4.77. The van der Waals surface area contributed by atoms with Crippen LogP contribution in [0.4, 0.5) is 0 Å². The summed E-state index contributed by atoms with van der Waals surface area (Å²) < 4.78 is 5.53. The second-order valence-electron chi connectivity index (χ2n) is 3.35. The maximum atomic E-state index is 5.53. The predicted octanol–water partition coefficient (Wildman–Crippen LogP) is 3.04. The highest BCUT2D eigenvalue weighted by Crippen LogP contribution is 2.10. The zero-order valence-corrected chi connectivity index (χ0v) is 8.10. The molecule has 1 aliphatic heterocycles. The lowest BCUT2D eigenvalue weighted by atomic mass is 10.1. The molecule has 0 bridgehead atoms. The highest BCUT2D eigenvalue weighted by atomic mass is 16.5. The molecule has 1 unspecified atom stereocenters. The number of ether oxygens (including phenoxy) is 1. The molecular formula is C13H14O. The van der Waals surface area contributed by atoms with Crippen LogP contribution in [0.5, 0.6) is 0 Å². The van der Waals surface area contributed by atoms with Crippen molar-refractivity contribution in [1.82, 2.24) is 0 Å². The van der Waals surface area contributed by atoms with E-state index in [4.69, 9.17) is 4.74 Å². The minimum absolute atomic E-state index is 0.250. The van der Waals surface area contributed by atoms with Gasteiger partial charge in [-0.3, -0.25) is 0 Å². The molecule has 0 radical (unpaired) electrons. The van der Waals surface area contributed by atoms with Gasteiger partial charge in [-0.25, -0.2) is 0 Å². The molecule has 0 aromatic heterocycles. The van der Waals surface area contributed by atoms with Gasteiger partial charge in [0.1, 0.15) is 0 Å². The summed E-state index contributed by atoms with van der Waals surface area (Å²) in [6, 6.07) is 10.3. The van der Waals surface area contributed by atoms with Gasteiger partial charge in [-0.15, -0.1) is 0 Å². The summed E-state index contributed by atoms with van der Waals surface area (Å²) in [7, 11) is 0. The summed E-state index contributed by atoms with van der Waals surface area (Å²) in [5, 5.41) is 0. The number of benzene rings is 1. The zero-order chi connectivity index (χ0) is 9.64. The molecule has 1 aromatic carbocycles. The number of hydrogen-bond donors (Lipinski definition) is 0. The molecule has 1 atom stereocenters. The first kappa shape index (κ1) is 9.22. The van der Waals surface area contributed by atoms with Crippen LogP contribution in [0.15, 0.2) is 48.6 Å². The third kappa shape index (κ3) is 2.57. The molecule has 0 aliphatic carbocycles. The molecule has 2 rings (SSSR count). The Morgan fingerprint density at radius 1 is 1.14 bits per heavy atom. The molecule has 0 fully saturated rings. The molecule has 1 aliphatic rings. The van der Waals surface area contributed by atoms with Crippen LogP contribution >= 0.6 is 0 Å². The largest absolute Gasteiger partial charge is 0.370 e. The number of rotatable bonds is 2. The molecule has 1 nitrogen and oxygen atoms in total. The monoisotopic (exact) mass is 186 g/mol. The van der Waals surface area contributed by atoms with Gasteiger partial charge in [0, 0.05) is 0 Å². The molecule has 1 heterocycles. The highest BCUT2D eigenvalue weighted by Gasteiger charge is 2.04. The maximum Gasteiger partial charge on any atom is 0.0797 e. The molecule has 14 heavy (non-hydrogen) atoms. The van der Waals surface area contributed by atoms with Gasteiger partial charge >= 0.3 is 0 Å². The topological polar surface area (TPSA) is 9.23 Å². The lowest BCUT2D eigenvalue weighted by molar-refractivity contribution is 0.103. The summed E-state index contributed by atoms with van der Waals surface area (Å²) in [4.78, 5) is 0. The van der Waals surface area contributed by atoms with Crippen LogP contribution in [0, 0.1) is 0 Å². The van der Waals surface area contributed by atoms with Gasteiger partial charge in [0.05, 0.1) is 12.7 Å². The van der Waals surface area contributed by atoms with Crippen LogP contribution in [0.25, 0.3) is 6.08 Å². The Bertz CT molecular complexity index is 324. The van der Waals surface area contributed by atoms with Gasteiger partial charge in [0.15, 0.2) is 0 Å². The van der Waals surface area contributed by atoms with Crippen molar-refractivity contribution in [1.29, 1.82) is 0 Å². The summed E-state index contributed by atoms with van der Waals surface area (Å²) in [5.74, 6) is 0. The normalized spacial score (nSPS) is 21.6. The van der Waals surface area contributed by atoms with Crippen molar-refractivity contribution in [2.45, 2.75) is 12.5 Å². The molecule has 0 N–H and O–H groups in total. The fourth-order valence-corrected chi connectivity index (χ4v) is 1.46. The molecule has 0 spiro atoms. The van der Waals surface area contributed by atoms with E-state index in [1.165, 1.54) is 5.56 Å². The van der Waals surface area contributed by atoms with Crippen molar-refractivity contribution in [2.24, 2.45) is 0 Å². The second-order valence-corrected chi connectivity index (χ2v) is 3.35. The molecular weight excluding hydrogens is 172 g/mol. The fraction of sp³-hybridized carbons (Fsp3) is 0.231. The predicted molar refractivity (Wildman–Crippen MR) is 59.0 cm³/mol. The first-order valence-corrected chi connectivity index (χ1v) is 4.95. The van der Waals surface area contributed by atoms with E-state index in [1.807, 2.05) is 18.2 Å². The van der Waals surface area contributed by atoms with Crippen molar-refractivity contribution < 1.29 is 4.74 Å². The van der Waals surface area contributed by atoms with Crippen molar-refractivity contribution >= 4 is 6.08 Å². The van der Waals surface area contributed by atoms with E-state index in [0.717, 1.165) is 13.0 Å². The average molecular weight is 186 g/mol. The average Bonchev–Trinajstić information content (AvgIpc) is 2.29. The van der Waals surface area contributed by atoms with Gasteiger partial charge in [-0.1, -0.05) is 54.6 Å². The Hall–Kier alpha value is -1.34. The first-order chi connectivity index (χ1) is 6.95. The van der Waals surface area contributed by atoms with E-state index in [9.17, 15) is 0 Å². The first-order valence-electron chi connectivity index (χ1n) is 4.95. The van der Waals surface area contributed by atoms with E-state index >= 15 is 0 Å². The van der Waals surface area contributed by atoms with Crippen LogP contribution < -0.4 is 0 Å². The molecule has 0 saturated heterocycles. The van der Waals surface area contributed by atoms with Crippen LogP contribution in [-0.2, 0) is 4.74 Å². The van der Waals surface area contributed by atoms with Crippen LogP contribution in [0.2, 0.25) is 0 Å². The Kier molecular flexibility index (Phi) is 3.15. The summed E-state index contributed by atoms with van der Waals surface area (Å²) in [5.41, 5.74) is 1.23. The fourth-order valence-electron chi connectivity index (χ4n) is 1.46. The zero-order valence-electron chi connectivity index (χ0n) is 8.10. The van der Waals surface area contributed by atoms with E-state index < -0.39 is 0 Å². The molecule has 0 saturated carbocycles. The van der Waals surface area contributed by atoms with Crippen molar-refractivity contribution in [3.05, 3.63) is 54.1 Å². The van der Waals surface area contributed by atoms with Gasteiger partial charge < -0.3 is 4.74 Å². The molecule has 1 aromatic rings. The highest BCUT2D eigenvalue weighted by molar-refractivity contribution is 5.49. The van der Waals surface area contributed by atoms with Crippen LogP contribution in [0.1, 0.15) is 12.0 Å². The van der Waals surface area contributed by atoms with Gasteiger partial charge in [0.2, 0.25) is 0 Å². The van der Waals surface area contributed by atoms with Crippen LogP contribution in [0.3, 0.4) is 0 Å². The Labute approximate surface area is 84.7 Å². The quantitative estimate of drug-likeness (QED) is 0.645. The lowest BCUT2D eigenvalue weighted by Crippen LogP contribution is -2.12. The minimum Gasteiger partial charge on any atom is -0.370 e. The Balaban J connectivity index is 1.97. The lowest BCUT2D eigenvalue weighted by Gasteiger charge is -2.14. The maximum absolute atomic E-state index is 5.53. The van der Waals surface area contributed by atoms with E-state index in [2.05, 4.69) is 36.4 Å². The Morgan fingerprint density at radius 2 is 2.00 bits per heavy atom. The minimum atomic E-state index is 0.250. The number of hydrogen-bond acceptors (Lipinski definition) is 1. The smallest absolute Gasteiger partial charge is 0.0797 e. The molecule has 1 heteroatoms. The van der Waals surface area contributed by atoms with Crippen molar-refractivity contribution in [3.8, 4) is 0 Å².